The highest BCUT2D eigenvalue weighted by atomic mass is 35.5. The molecule has 1 spiro atoms. The highest BCUT2D eigenvalue weighted by molar-refractivity contribution is 7.90. The highest BCUT2D eigenvalue weighted by Crippen LogP contribution is 2.47. The van der Waals surface area contributed by atoms with Gasteiger partial charge >= 0.3 is 0 Å². The average molecular weight is 585 g/mol. The number of sulfonamides is 1. The van der Waals surface area contributed by atoms with Gasteiger partial charge in [0.15, 0.2) is 0 Å². The largest absolute Gasteiger partial charge is 0.490 e. The number of allylic oxidation sites excluding steroid dienone is 1. The van der Waals surface area contributed by atoms with E-state index in [2.05, 4.69) is 27.8 Å². The first-order valence-corrected chi connectivity index (χ1v) is 16.1. The van der Waals surface area contributed by atoms with Crippen LogP contribution in [0.1, 0.15) is 57.1 Å². The fourth-order valence-corrected chi connectivity index (χ4v) is 8.01. The van der Waals surface area contributed by atoms with Gasteiger partial charge in [0.05, 0.1) is 23.8 Å². The molecule has 2 heterocycles. The molecule has 2 aliphatic carbocycles. The number of fused-ring (bicyclic) bond motifs is 4. The Balaban J connectivity index is 1.43. The Labute approximate surface area is 241 Å². The fourth-order valence-electron chi connectivity index (χ4n) is 6.70. The van der Waals surface area contributed by atoms with Gasteiger partial charge in [0.1, 0.15) is 11.4 Å². The van der Waals surface area contributed by atoms with Crippen LogP contribution in [-0.2, 0) is 31.4 Å². The van der Waals surface area contributed by atoms with Crippen LogP contribution in [0.2, 0.25) is 5.02 Å². The van der Waals surface area contributed by atoms with Crippen molar-refractivity contribution in [3.8, 4) is 5.75 Å². The van der Waals surface area contributed by atoms with Crippen molar-refractivity contribution in [3.63, 3.8) is 0 Å². The first-order chi connectivity index (χ1) is 19.1. The van der Waals surface area contributed by atoms with E-state index < -0.39 is 21.5 Å². The fraction of sp³-hybridized carbons (Fsp3) is 0.516. The molecular formula is C31H37ClN2O5S. The molecule has 9 heteroatoms. The van der Waals surface area contributed by atoms with E-state index in [1.807, 2.05) is 12.1 Å². The smallest absolute Gasteiger partial charge is 0.265 e. The number of hydrogen-bond donors (Lipinski definition) is 1. The van der Waals surface area contributed by atoms with E-state index in [1.165, 1.54) is 23.6 Å². The predicted molar refractivity (Wildman–Crippen MR) is 156 cm³/mol. The summed E-state index contributed by atoms with van der Waals surface area (Å²) in [4.78, 5) is 15.3. The molecule has 1 amide bonds. The van der Waals surface area contributed by atoms with Crippen molar-refractivity contribution >= 4 is 33.2 Å². The molecule has 0 radical (unpaired) electrons. The Kier molecular flexibility index (Phi) is 7.16. The molecule has 2 aliphatic heterocycles. The van der Waals surface area contributed by atoms with Crippen LogP contribution < -0.4 is 14.4 Å². The zero-order valence-electron chi connectivity index (χ0n) is 23.1. The Bertz CT molecular complexity index is 1460. The summed E-state index contributed by atoms with van der Waals surface area (Å²) in [5, 5.41) is 0.745. The lowest BCUT2D eigenvalue weighted by molar-refractivity contribution is -0.139. The van der Waals surface area contributed by atoms with Gasteiger partial charge in [-0.3, -0.25) is 4.79 Å². The van der Waals surface area contributed by atoms with E-state index >= 15 is 0 Å². The molecule has 6 rings (SSSR count). The first kappa shape index (κ1) is 27.6. The van der Waals surface area contributed by atoms with Crippen molar-refractivity contribution in [1.29, 1.82) is 0 Å². The third-order valence-corrected chi connectivity index (χ3v) is 10.8. The number of aryl methyl sites for hydroxylation is 1. The second-order valence-corrected chi connectivity index (χ2v) is 14.4. The number of ether oxygens (including phenoxy) is 2. The quantitative estimate of drug-likeness (QED) is 0.418. The molecule has 0 aromatic heterocycles. The third-order valence-electron chi connectivity index (χ3n) is 9.27. The van der Waals surface area contributed by atoms with Crippen LogP contribution in [0.5, 0.6) is 5.75 Å². The molecule has 3 atom stereocenters. The van der Waals surface area contributed by atoms with Crippen molar-refractivity contribution in [2.24, 2.45) is 11.8 Å². The second kappa shape index (κ2) is 10.4. The molecule has 2 aromatic rings. The summed E-state index contributed by atoms with van der Waals surface area (Å²) < 4.78 is 41.3. The topological polar surface area (TPSA) is 84.9 Å². The normalized spacial score (nSPS) is 30.1. The minimum absolute atomic E-state index is 0.0351. The molecule has 7 nitrogen and oxygen atoms in total. The van der Waals surface area contributed by atoms with Crippen LogP contribution in [0.3, 0.4) is 0 Å². The maximum Gasteiger partial charge on any atom is 0.265 e. The van der Waals surface area contributed by atoms with Gasteiger partial charge in [-0.05, 0) is 106 Å². The van der Waals surface area contributed by atoms with Crippen molar-refractivity contribution < 1.29 is 22.7 Å². The Morgan fingerprint density at radius 3 is 2.70 bits per heavy atom. The summed E-state index contributed by atoms with van der Waals surface area (Å²) in [5.74, 6) is 1.01. The molecule has 214 valence electrons. The maximum absolute atomic E-state index is 13.4. The molecule has 1 fully saturated rings. The summed E-state index contributed by atoms with van der Waals surface area (Å²) in [6.45, 7) is 5.46. The minimum Gasteiger partial charge on any atom is -0.490 e. The second-order valence-electron chi connectivity index (χ2n) is 12.3. The van der Waals surface area contributed by atoms with E-state index in [0.717, 1.165) is 55.9 Å². The van der Waals surface area contributed by atoms with E-state index in [4.69, 9.17) is 21.1 Å². The number of halogens is 1. The number of carbonyl (C=O) groups excluding carboxylic acids is 1. The first-order valence-electron chi connectivity index (χ1n) is 14.2. The van der Waals surface area contributed by atoms with E-state index in [-0.39, 0.29) is 16.9 Å². The molecule has 1 N–H and O–H groups in total. The minimum atomic E-state index is -4.13. The van der Waals surface area contributed by atoms with Crippen LogP contribution in [0.4, 0.5) is 5.69 Å². The van der Waals surface area contributed by atoms with Crippen LogP contribution in [0.15, 0.2) is 53.4 Å². The van der Waals surface area contributed by atoms with E-state index in [0.29, 0.717) is 24.2 Å². The summed E-state index contributed by atoms with van der Waals surface area (Å²) >= 11 is 6.38. The number of nitrogens with zero attached hydrogens (tertiary/aromatic N) is 1. The van der Waals surface area contributed by atoms with Crippen molar-refractivity contribution in [2.45, 2.75) is 68.3 Å². The molecule has 0 unspecified atom stereocenters. The number of rotatable bonds is 0. The lowest BCUT2D eigenvalue weighted by Gasteiger charge is -2.44. The zero-order chi connectivity index (χ0) is 28.1. The van der Waals surface area contributed by atoms with Gasteiger partial charge in [-0.15, -0.1) is 0 Å². The molecule has 1 saturated carbocycles. The maximum atomic E-state index is 13.4. The van der Waals surface area contributed by atoms with Gasteiger partial charge in [0.25, 0.3) is 15.9 Å². The van der Waals surface area contributed by atoms with Gasteiger partial charge < -0.3 is 14.4 Å². The zero-order valence-corrected chi connectivity index (χ0v) is 24.7. The molecule has 2 aromatic carbocycles. The lowest BCUT2D eigenvalue weighted by Crippen LogP contribution is -2.48. The summed E-state index contributed by atoms with van der Waals surface area (Å²) in [7, 11) is -4.13. The number of carbonyl (C=O) groups is 1. The molecule has 2 bridgehead atoms. The van der Waals surface area contributed by atoms with Gasteiger partial charge in [-0.25, -0.2) is 13.1 Å². The Hall–Kier alpha value is -2.55. The van der Waals surface area contributed by atoms with Crippen molar-refractivity contribution in [1.82, 2.24) is 4.72 Å². The lowest BCUT2D eigenvalue weighted by atomic mass is 9.69. The number of hydrogen-bond acceptors (Lipinski definition) is 6. The van der Waals surface area contributed by atoms with E-state index in [1.54, 1.807) is 26.0 Å². The summed E-state index contributed by atoms with van der Waals surface area (Å²) in [6.07, 6.45) is 10.4. The summed E-state index contributed by atoms with van der Waals surface area (Å²) in [6, 6.07) is 11.1. The van der Waals surface area contributed by atoms with Crippen molar-refractivity contribution in [2.75, 3.05) is 31.2 Å². The van der Waals surface area contributed by atoms with Crippen LogP contribution in [-0.4, -0.2) is 46.2 Å². The monoisotopic (exact) mass is 584 g/mol. The Morgan fingerprint density at radius 2 is 1.90 bits per heavy atom. The molecule has 0 saturated heterocycles. The SMILES string of the molecule is CC1(C)OC/C=C/C[C@@H]2CC[C@H]2CN2C[C@@]3(CCCc4cc(Cl)ccc43)COc3ccc(cc32)S(=O)(=O)NC1=O. The van der Waals surface area contributed by atoms with Crippen LogP contribution >= 0.6 is 11.6 Å². The van der Waals surface area contributed by atoms with Gasteiger partial charge in [-0.2, -0.15) is 0 Å². The van der Waals surface area contributed by atoms with Gasteiger partial charge in [0.2, 0.25) is 0 Å². The van der Waals surface area contributed by atoms with Gasteiger partial charge in [-0.1, -0.05) is 29.8 Å². The molecule has 4 aliphatic rings. The standard InChI is InChI=1S/C31H37ClN2O5S/c1-30(2)29(35)33-40(36,37)25-11-13-28-27(17-25)34(18-23-9-8-21(23)6-3-4-15-39-30)19-31(20-38-28)14-5-7-22-16-24(32)10-12-26(22)31/h3-4,10-13,16-17,21,23H,5-9,14-15,18-20H2,1-2H3,(H,33,35)/b4-3+/t21-,23+,31+/m1/s1. The highest BCUT2D eigenvalue weighted by Gasteiger charge is 2.43. The number of amides is 1. The number of anilines is 1. The van der Waals surface area contributed by atoms with E-state index in [9.17, 15) is 13.2 Å². The molecular weight excluding hydrogens is 548 g/mol. The average Bonchev–Trinajstić information content (AvgIpc) is 3.05. The number of nitrogens with one attached hydrogen (secondary N) is 1. The van der Waals surface area contributed by atoms with Crippen molar-refractivity contribution in [3.05, 3.63) is 64.7 Å². The third kappa shape index (κ3) is 5.14. The van der Waals surface area contributed by atoms with Gasteiger partial charge in [0, 0.05) is 23.5 Å². The van der Waals surface area contributed by atoms with Crippen LogP contribution in [0.25, 0.3) is 0 Å². The molecule has 40 heavy (non-hydrogen) atoms. The van der Waals surface area contributed by atoms with Crippen LogP contribution in [0, 0.1) is 11.8 Å². The summed E-state index contributed by atoms with van der Waals surface area (Å²) in [5.41, 5.74) is 1.77. The Morgan fingerprint density at radius 1 is 1.07 bits per heavy atom. The number of benzene rings is 2. The predicted octanol–water partition coefficient (Wildman–Crippen LogP) is 5.40.